The van der Waals surface area contributed by atoms with Gasteiger partial charge in [-0.05, 0) is 61.9 Å². The minimum Gasteiger partial charge on any atom is -0.490 e. The van der Waals surface area contributed by atoms with Crippen molar-refractivity contribution in [2.75, 3.05) is 11.9 Å². The highest BCUT2D eigenvalue weighted by Crippen LogP contribution is 2.21. The number of anilines is 1. The van der Waals surface area contributed by atoms with E-state index in [4.69, 9.17) is 4.74 Å². The summed E-state index contributed by atoms with van der Waals surface area (Å²) >= 11 is 3.38. The van der Waals surface area contributed by atoms with Gasteiger partial charge in [0, 0.05) is 10.2 Å². The van der Waals surface area contributed by atoms with Crippen LogP contribution in [0, 0.1) is 12.7 Å². The molecule has 2 rings (SSSR count). The van der Waals surface area contributed by atoms with E-state index in [2.05, 4.69) is 21.2 Å². The highest BCUT2D eigenvalue weighted by Gasteiger charge is 2.31. The lowest BCUT2D eigenvalue weighted by molar-refractivity contribution is -0.135. The Labute approximate surface area is 142 Å². The quantitative estimate of drug-likeness (QED) is 0.830. The van der Waals surface area contributed by atoms with Crippen LogP contribution in [0.25, 0.3) is 0 Å². The fraction of sp³-hybridized carbons (Fsp3) is 0.235. The Balaban J connectivity index is 1.98. The van der Waals surface area contributed by atoms with Crippen molar-refractivity contribution in [3.05, 3.63) is 58.3 Å². The topological polar surface area (TPSA) is 58.6 Å². The van der Waals surface area contributed by atoms with Crippen LogP contribution < -0.4 is 10.1 Å². The van der Waals surface area contributed by atoms with Gasteiger partial charge >= 0.3 is 0 Å². The molecule has 2 aromatic carbocycles. The monoisotopic (exact) mass is 381 g/mol. The van der Waals surface area contributed by atoms with Crippen LogP contribution in [0.15, 0.2) is 46.9 Å². The average molecular weight is 382 g/mol. The summed E-state index contributed by atoms with van der Waals surface area (Å²) in [6.07, 6.45) is 0. The zero-order valence-electron chi connectivity index (χ0n) is 12.8. The highest BCUT2D eigenvalue weighted by molar-refractivity contribution is 9.10. The van der Waals surface area contributed by atoms with E-state index in [0.717, 1.165) is 10.0 Å². The van der Waals surface area contributed by atoms with Gasteiger partial charge in [0.1, 0.15) is 18.2 Å². The maximum atomic E-state index is 12.8. The van der Waals surface area contributed by atoms with Gasteiger partial charge in [-0.25, -0.2) is 4.39 Å². The summed E-state index contributed by atoms with van der Waals surface area (Å²) in [5, 5.41) is 12.9. The second kappa shape index (κ2) is 7.10. The third-order valence-electron chi connectivity index (χ3n) is 3.24. The van der Waals surface area contributed by atoms with Gasteiger partial charge in [0.15, 0.2) is 5.60 Å². The van der Waals surface area contributed by atoms with E-state index < -0.39 is 11.5 Å². The van der Waals surface area contributed by atoms with Crippen LogP contribution in [0.4, 0.5) is 10.1 Å². The van der Waals surface area contributed by atoms with Crippen molar-refractivity contribution < 1.29 is 19.0 Å². The molecule has 4 nitrogen and oxygen atoms in total. The van der Waals surface area contributed by atoms with E-state index in [-0.39, 0.29) is 12.4 Å². The highest BCUT2D eigenvalue weighted by atomic mass is 79.9. The first-order chi connectivity index (χ1) is 10.8. The molecule has 23 heavy (non-hydrogen) atoms. The second-order valence-electron chi connectivity index (χ2n) is 5.43. The number of hydrogen-bond acceptors (Lipinski definition) is 3. The van der Waals surface area contributed by atoms with Gasteiger partial charge in [0.05, 0.1) is 0 Å². The maximum Gasteiger partial charge on any atom is 0.259 e. The number of nitrogens with one attached hydrogen (secondary N) is 1. The molecule has 0 fully saturated rings. The molecule has 2 aromatic rings. The molecular weight excluding hydrogens is 365 g/mol. The number of amides is 1. The number of aryl methyl sites for hydroxylation is 1. The van der Waals surface area contributed by atoms with E-state index >= 15 is 0 Å². The molecule has 1 amide bonds. The minimum atomic E-state index is -1.73. The molecule has 0 aliphatic heterocycles. The zero-order chi connectivity index (χ0) is 17.0. The maximum absolute atomic E-state index is 12.8. The molecule has 0 unspecified atom stereocenters. The first-order valence-corrected chi connectivity index (χ1v) is 7.75. The first-order valence-electron chi connectivity index (χ1n) is 6.96. The molecular formula is C17H17BrFNO3. The fourth-order valence-corrected chi connectivity index (χ4v) is 2.06. The number of aliphatic hydroxyl groups is 1. The van der Waals surface area contributed by atoms with E-state index in [0.29, 0.717) is 11.4 Å². The van der Waals surface area contributed by atoms with Gasteiger partial charge in [-0.2, -0.15) is 0 Å². The van der Waals surface area contributed by atoms with Crippen LogP contribution in [0.5, 0.6) is 5.75 Å². The number of carbonyl (C=O) groups is 1. The van der Waals surface area contributed by atoms with Crippen molar-refractivity contribution in [1.29, 1.82) is 0 Å². The zero-order valence-corrected chi connectivity index (χ0v) is 14.4. The molecule has 0 saturated heterocycles. The predicted molar refractivity (Wildman–Crippen MR) is 90.0 cm³/mol. The summed E-state index contributed by atoms with van der Waals surface area (Å²) < 4.78 is 19.1. The Hall–Kier alpha value is -1.92. The van der Waals surface area contributed by atoms with Crippen LogP contribution in [0.2, 0.25) is 0 Å². The summed E-state index contributed by atoms with van der Waals surface area (Å²) in [5.41, 5.74) is -0.183. The van der Waals surface area contributed by atoms with Crippen LogP contribution >= 0.6 is 15.9 Å². The Morgan fingerprint density at radius 1 is 1.30 bits per heavy atom. The number of ether oxygens (including phenoxy) is 1. The molecule has 1 atom stereocenters. The van der Waals surface area contributed by atoms with Crippen LogP contribution in [-0.4, -0.2) is 23.2 Å². The lowest BCUT2D eigenvalue weighted by Gasteiger charge is -2.22. The summed E-state index contributed by atoms with van der Waals surface area (Å²) in [6, 6.07) is 10.7. The Kier molecular flexibility index (Phi) is 5.38. The van der Waals surface area contributed by atoms with E-state index in [1.165, 1.54) is 31.2 Å². The van der Waals surface area contributed by atoms with Crippen molar-refractivity contribution in [3.8, 4) is 5.75 Å². The van der Waals surface area contributed by atoms with Crippen molar-refractivity contribution >= 4 is 27.5 Å². The molecule has 0 radical (unpaired) electrons. The summed E-state index contributed by atoms with van der Waals surface area (Å²) in [4.78, 5) is 12.2. The molecule has 122 valence electrons. The third-order valence-corrected chi connectivity index (χ3v) is 4.13. The van der Waals surface area contributed by atoms with Crippen LogP contribution in [0.3, 0.4) is 0 Å². The van der Waals surface area contributed by atoms with Crippen molar-refractivity contribution in [1.82, 2.24) is 0 Å². The number of benzene rings is 2. The molecule has 2 N–H and O–H groups in total. The lowest BCUT2D eigenvalue weighted by Crippen LogP contribution is -2.45. The lowest BCUT2D eigenvalue weighted by atomic mass is 10.1. The van der Waals surface area contributed by atoms with Crippen LogP contribution in [-0.2, 0) is 4.79 Å². The molecule has 0 aliphatic rings. The number of rotatable bonds is 5. The van der Waals surface area contributed by atoms with Gasteiger partial charge in [0.25, 0.3) is 5.91 Å². The molecule has 0 spiro atoms. The van der Waals surface area contributed by atoms with Crippen molar-refractivity contribution in [2.24, 2.45) is 0 Å². The number of halogens is 2. The summed E-state index contributed by atoms with van der Waals surface area (Å²) in [7, 11) is 0. The third kappa shape index (κ3) is 4.77. The standard InChI is InChI=1S/C17H17BrFNO3/c1-11-9-13(5-8-15(11)18)20-16(21)17(2,22)10-23-14-6-3-12(19)4-7-14/h3-9,22H,10H2,1-2H3,(H,20,21)/t17-/m0/s1. The van der Waals surface area contributed by atoms with Crippen LogP contribution in [0.1, 0.15) is 12.5 Å². The van der Waals surface area contributed by atoms with Gasteiger partial charge in [-0.3, -0.25) is 4.79 Å². The van der Waals surface area contributed by atoms with Gasteiger partial charge in [-0.15, -0.1) is 0 Å². The predicted octanol–water partition coefficient (Wildman–Crippen LogP) is 3.67. The minimum absolute atomic E-state index is 0.250. The summed E-state index contributed by atoms with van der Waals surface area (Å²) in [6.45, 7) is 3.01. The van der Waals surface area contributed by atoms with Crippen molar-refractivity contribution in [3.63, 3.8) is 0 Å². The molecule has 0 heterocycles. The first kappa shape index (κ1) is 17.4. The number of hydrogen-bond donors (Lipinski definition) is 2. The Morgan fingerprint density at radius 3 is 2.57 bits per heavy atom. The fourth-order valence-electron chi connectivity index (χ4n) is 1.81. The van der Waals surface area contributed by atoms with E-state index in [1.54, 1.807) is 12.1 Å². The van der Waals surface area contributed by atoms with Gasteiger partial charge in [0.2, 0.25) is 0 Å². The largest absolute Gasteiger partial charge is 0.490 e. The number of carbonyl (C=O) groups excluding carboxylic acids is 1. The normalized spacial score (nSPS) is 13.3. The average Bonchev–Trinajstić information content (AvgIpc) is 2.50. The molecule has 6 heteroatoms. The molecule has 0 aromatic heterocycles. The van der Waals surface area contributed by atoms with E-state index in [9.17, 15) is 14.3 Å². The molecule has 0 aliphatic carbocycles. The SMILES string of the molecule is Cc1cc(NC(=O)[C@@](C)(O)COc2ccc(F)cc2)ccc1Br. The second-order valence-corrected chi connectivity index (χ2v) is 6.29. The van der Waals surface area contributed by atoms with Gasteiger partial charge < -0.3 is 15.2 Å². The smallest absolute Gasteiger partial charge is 0.259 e. The Morgan fingerprint density at radius 2 is 1.96 bits per heavy atom. The van der Waals surface area contributed by atoms with Crippen molar-refractivity contribution in [2.45, 2.75) is 19.4 Å². The molecule has 0 bridgehead atoms. The molecule has 0 saturated carbocycles. The summed E-state index contributed by atoms with van der Waals surface area (Å²) in [5.74, 6) is -0.590. The van der Waals surface area contributed by atoms with E-state index in [1.807, 2.05) is 13.0 Å². The van der Waals surface area contributed by atoms with Gasteiger partial charge in [-0.1, -0.05) is 15.9 Å². The Bertz CT molecular complexity index is 701.